The molecule has 0 aliphatic heterocycles. The Morgan fingerprint density at radius 2 is 0.907 bits per heavy atom. The molecule has 2 aromatic carbocycles. The van der Waals surface area contributed by atoms with Gasteiger partial charge in [0.15, 0.2) is 0 Å². The van der Waals surface area contributed by atoms with E-state index in [4.69, 9.17) is 0 Å². The summed E-state index contributed by atoms with van der Waals surface area (Å²) < 4.78 is 92.5. The first-order valence-corrected chi connectivity index (χ1v) is 16.3. The lowest BCUT2D eigenvalue weighted by Crippen LogP contribution is -2.48. The molecule has 0 N–H and O–H groups in total. The van der Waals surface area contributed by atoms with Gasteiger partial charge in [-0.25, -0.2) is 0 Å². The van der Waals surface area contributed by atoms with Crippen LogP contribution in [-0.4, -0.2) is 17.8 Å². The van der Waals surface area contributed by atoms with E-state index in [1.54, 1.807) is 12.1 Å². The van der Waals surface area contributed by atoms with Gasteiger partial charge in [-0.3, -0.25) is 0 Å². The lowest BCUT2D eigenvalue weighted by molar-refractivity contribution is -0.254. The number of allylic oxidation sites excluding steroid dienone is 2. The fraction of sp³-hybridized carbons (Fsp3) is 0.371. The molecular formula is C35H34F6S2. The van der Waals surface area contributed by atoms with E-state index in [0.29, 0.717) is 9.75 Å². The fourth-order valence-corrected chi connectivity index (χ4v) is 8.04. The van der Waals surface area contributed by atoms with Gasteiger partial charge >= 0.3 is 17.8 Å². The molecule has 0 atom stereocenters. The third-order valence-corrected chi connectivity index (χ3v) is 10.7. The van der Waals surface area contributed by atoms with Crippen LogP contribution in [0.25, 0.3) is 32.0 Å². The van der Waals surface area contributed by atoms with Crippen LogP contribution in [0.5, 0.6) is 0 Å². The number of unbranched alkanes of at least 4 members (excludes halogenated alkanes) is 2. The number of alkyl halides is 6. The second-order valence-electron chi connectivity index (χ2n) is 11.3. The van der Waals surface area contributed by atoms with E-state index < -0.39 is 28.9 Å². The highest BCUT2D eigenvalue weighted by molar-refractivity contribution is 7.18. The van der Waals surface area contributed by atoms with Gasteiger partial charge < -0.3 is 0 Å². The zero-order chi connectivity index (χ0) is 31.2. The molecule has 0 saturated heterocycles. The highest BCUT2D eigenvalue weighted by Crippen LogP contribution is 2.66. The van der Waals surface area contributed by atoms with Crippen molar-refractivity contribution in [3.8, 4) is 20.9 Å². The molecule has 4 aromatic rings. The van der Waals surface area contributed by atoms with Crippen molar-refractivity contribution in [2.24, 2.45) is 0 Å². The third kappa shape index (κ3) is 5.50. The summed E-state index contributed by atoms with van der Waals surface area (Å²) >= 11 is 1.71. The predicted octanol–water partition coefficient (Wildman–Crippen LogP) is 12.3. The van der Waals surface area contributed by atoms with Crippen molar-refractivity contribution in [3.05, 3.63) is 92.7 Å². The van der Waals surface area contributed by atoms with Crippen LogP contribution in [0.1, 0.15) is 71.5 Å². The van der Waals surface area contributed by atoms with Crippen LogP contribution in [0.3, 0.4) is 0 Å². The average molecular weight is 633 g/mol. The molecule has 0 spiro atoms. The largest absolute Gasteiger partial charge is 0.380 e. The van der Waals surface area contributed by atoms with Gasteiger partial charge in [0, 0.05) is 19.5 Å². The summed E-state index contributed by atoms with van der Waals surface area (Å²) in [6, 6.07) is 18.4. The smallest absolute Gasteiger partial charge is 0.194 e. The second-order valence-corrected chi connectivity index (χ2v) is 13.4. The van der Waals surface area contributed by atoms with Crippen LogP contribution in [0, 0.1) is 13.8 Å². The molecule has 228 valence electrons. The van der Waals surface area contributed by atoms with E-state index in [1.807, 2.05) is 48.5 Å². The maximum atomic E-state index is 15.6. The van der Waals surface area contributed by atoms with Crippen molar-refractivity contribution in [2.45, 2.75) is 84.0 Å². The Hall–Kier alpha value is -2.84. The van der Waals surface area contributed by atoms with Crippen LogP contribution in [0.2, 0.25) is 0 Å². The van der Waals surface area contributed by atoms with Gasteiger partial charge in [0.25, 0.3) is 0 Å². The summed E-state index contributed by atoms with van der Waals surface area (Å²) in [6.45, 7) is 7.21. The van der Waals surface area contributed by atoms with Gasteiger partial charge in [-0.15, -0.1) is 22.7 Å². The Morgan fingerprint density at radius 3 is 1.23 bits per heavy atom. The third-order valence-electron chi connectivity index (χ3n) is 8.07. The Morgan fingerprint density at radius 1 is 0.558 bits per heavy atom. The zero-order valence-electron chi connectivity index (χ0n) is 24.6. The monoisotopic (exact) mass is 632 g/mol. The molecule has 2 heterocycles. The van der Waals surface area contributed by atoms with Crippen molar-refractivity contribution in [2.75, 3.05) is 0 Å². The zero-order valence-corrected chi connectivity index (χ0v) is 26.2. The minimum atomic E-state index is -5.58. The molecule has 1 aliphatic carbocycles. The fourth-order valence-electron chi connectivity index (χ4n) is 5.52. The number of aryl methyl sites for hydroxylation is 4. The first-order valence-electron chi connectivity index (χ1n) is 14.6. The summed E-state index contributed by atoms with van der Waals surface area (Å²) in [6.07, 6.45) is 5.97. The van der Waals surface area contributed by atoms with Crippen molar-refractivity contribution in [3.63, 3.8) is 0 Å². The van der Waals surface area contributed by atoms with E-state index in [0.717, 1.165) is 83.5 Å². The van der Waals surface area contributed by atoms with Gasteiger partial charge in [0.1, 0.15) is 0 Å². The number of thiophene rings is 2. The lowest BCUT2D eigenvalue weighted by atomic mass is 10.0. The molecule has 1 aliphatic rings. The topological polar surface area (TPSA) is 0 Å². The Balaban J connectivity index is 1.62. The van der Waals surface area contributed by atoms with Crippen LogP contribution in [-0.2, 0) is 12.8 Å². The molecular weight excluding hydrogens is 599 g/mol. The second kappa shape index (κ2) is 11.9. The van der Waals surface area contributed by atoms with Crippen LogP contribution >= 0.6 is 22.7 Å². The van der Waals surface area contributed by atoms with E-state index >= 15 is 26.3 Å². The van der Waals surface area contributed by atoms with E-state index in [2.05, 4.69) is 13.8 Å². The number of hydrogen-bond donors (Lipinski definition) is 0. The summed E-state index contributed by atoms with van der Waals surface area (Å²) in [5.41, 5.74) is 1.66. The summed E-state index contributed by atoms with van der Waals surface area (Å²) in [4.78, 5) is 0.637. The molecule has 0 saturated carbocycles. The van der Waals surface area contributed by atoms with Crippen molar-refractivity contribution < 1.29 is 26.3 Å². The molecule has 0 fully saturated rings. The maximum absolute atomic E-state index is 15.6. The molecule has 2 aromatic heterocycles. The Kier molecular flexibility index (Phi) is 8.76. The van der Waals surface area contributed by atoms with Crippen LogP contribution < -0.4 is 0 Å². The minimum absolute atomic E-state index is 0.239. The average Bonchev–Trinajstić information content (AvgIpc) is 3.57. The van der Waals surface area contributed by atoms with Gasteiger partial charge in [0.05, 0.1) is 11.1 Å². The first-order chi connectivity index (χ1) is 20.3. The van der Waals surface area contributed by atoms with Gasteiger partial charge in [-0.05, 0) is 85.0 Å². The predicted molar refractivity (Wildman–Crippen MR) is 168 cm³/mol. The summed E-state index contributed by atoms with van der Waals surface area (Å²) in [5, 5.41) is 0. The van der Waals surface area contributed by atoms with Gasteiger partial charge in [0.2, 0.25) is 0 Å². The van der Waals surface area contributed by atoms with Gasteiger partial charge in [-0.1, -0.05) is 75.2 Å². The molecule has 8 heteroatoms. The quantitative estimate of drug-likeness (QED) is 0.153. The lowest BCUT2D eigenvalue weighted by Gasteiger charge is -2.25. The van der Waals surface area contributed by atoms with Crippen molar-refractivity contribution in [1.29, 1.82) is 0 Å². The van der Waals surface area contributed by atoms with E-state index in [-0.39, 0.29) is 20.9 Å². The SMILES string of the molecule is CCCCc1ccc(-c2cc(C)c(C3=C(c4sc(-c5ccc(CCCC)cc5)cc4C)C(F)(F)C(F)(F)C3(F)F)s2)cc1. The summed E-state index contributed by atoms with van der Waals surface area (Å²) in [7, 11) is 0. The Bertz CT molecular complexity index is 1500. The first kappa shape index (κ1) is 31.6. The number of rotatable bonds is 10. The molecule has 0 unspecified atom stereocenters. The molecule has 0 amide bonds. The van der Waals surface area contributed by atoms with Crippen LogP contribution in [0.4, 0.5) is 26.3 Å². The van der Waals surface area contributed by atoms with E-state index in [9.17, 15) is 0 Å². The van der Waals surface area contributed by atoms with Crippen LogP contribution in [0.15, 0.2) is 60.7 Å². The minimum Gasteiger partial charge on any atom is -0.194 e. The van der Waals surface area contributed by atoms with E-state index in [1.165, 1.54) is 13.8 Å². The molecule has 0 radical (unpaired) electrons. The Labute approximate surface area is 257 Å². The normalized spacial score (nSPS) is 17.2. The number of hydrogen-bond acceptors (Lipinski definition) is 2. The maximum Gasteiger partial charge on any atom is 0.380 e. The summed E-state index contributed by atoms with van der Waals surface area (Å²) in [5.74, 6) is -15.7. The van der Waals surface area contributed by atoms with Crippen molar-refractivity contribution >= 4 is 33.8 Å². The standard InChI is InChI=1S/C35H34F6S2/c1-5-7-9-23-11-15-25(16-12-23)27-19-21(3)31(42-27)29-30(34(38,39)35(40,41)33(29,36)37)32-22(4)20-28(43-32)26-17-13-24(14-18-26)10-8-6-2/h11-20H,5-10H2,1-4H3. The van der Waals surface area contributed by atoms with Crippen molar-refractivity contribution in [1.82, 2.24) is 0 Å². The molecule has 0 bridgehead atoms. The highest BCUT2D eigenvalue weighted by Gasteiger charge is 2.80. The number of benzene rings is 2. The number of halogens is 6. The highest BCUT2D eigenvalue weighted by atomic mass is 32.1. The molecule has 0 nitrogen and oxygen atoms in total. The van der Waals surface area contributed by atoms with Gasteiger partial charge in [-0.2, -0.15) is 26.3 Å². The molecule has 5 rings (SSSR count). The molecule has 43 heavy (non-hydrogen) atoms.